The SMILES string of the molecule is CC(C)(C)C1(c2ccnn2-c2ccccc2)CCCN1. The summed E-state index contributed by atoms with van der Waals surface area (Å²) in [7, 11) is 0. The van der Waals surface area contributed by atoms with Crippen molar-refractivity contribution in [1.29, 1.82) is 0 Å². The Balaban J connectivity index is 2.13. The van der Waals surface area contributed by atoms with Crippen LogP contribution < -0.4 is 5.32 Å². The highest BCUT2D eigenvalue weighted by Gasteiger charge is 2.47. The molecule has 1 saturated heterocycles. The van der Waals surface area contributed by atoms with Gasteiger partial charge in [0.2, 0.25) is 0 Å². The third-order valence-corrected chi connectivity index (χ3v) is 4.52. The smallest absolute Gasteiger partial charge is 0.0659 e. The lowest BCUT2D eigenvalue weighted by atomic mass is 9.70. The van der Waals surface area contributed by atoms with Gasteiger partial charge in [-0.3, -0.25) is 0 Å². The quantitative estimate of drug-likeness (QED) is 0.904. The fourth-order valence-electron chi connectivity index (χ4n) is 3.39. The number of hydrogen-bond acceptors (Lipinski definition) is 2. The molecule has 2 heterocycles. The van der Waals surface area contributed by atoms with Crippen molar-refractivity contribution < 1.29 is 0 Å². The molecule has 1 N–H and O–H groups in total. The number of hydrogen-bond donors (Lipinski definition) is 1. The van der Waals surface area contributed by atoms with Crippen molar-refractivity contribution in [3.63, 3.8) is 0 Å². The van der Waals surface area contributed by atoms with E-state index in [1.54, 1.807) is 0 Å². The van der Waals surface area contributed by atoms with Crippen LogP contribution in [-0.4, -0.2) is 16.3 Å². The molecule has 1 unspecified atom stereocenters. The van der Waals surface area contributed by atoms with Crippen LogP contribution in [0.4, 0.5) is 0 Å². The molecule has 0 spiro atoms. The predicted octanol–water partition coefficient (Wildman–Crippen LogP) is 3.50. The van der Waals surface area contributed by atoms with Crippen LogP contribution >= 0.6 is 0 Å². The van der Waals surface area contributed by atoms with Crippen LogP contribution in [-0.2, 0) is 5.54 Å². The van der Waals surface area contributed by atoms with Gasteiger partial charge in [0.1, 0.15) is 0 Å². The van der Waals surface area contributed by atoms with E-state index >= 15 is 0 Å². The molecule has 2 aromatic rings. The van der Waals surface area contributed by atoms with Crippen molar-refractivity contribution in [3.05, 3.63) is 48.3 Å². The summed E-state index contributed by atoms with van der Waals surface area (Å²) in [6.07, 6.45) is 4.29. The van der Waals surface area contributed by atoms with Crippen molar-refractivity contribution in [2.24, 2.45) is 5.41 Å². The standard InChI is InChI=1S/C17H23N3/c1-16(2,3)17(11-7-12-18-17)15-10-13-19-20(15)14-8-5-4-6-9-14/h4-6,8-10,13,18H,7,11-12H2,1-3H3. The van der Waals surface area contributed by atoms with E-state index in [2.05, 4.69) is 66.2 Å². The van der Waals surface area contributed by atoms with E-state index < -0.39 is 0 Å². The molecule has 0 aliphatic carbocycles. The molecule has 3 nitrogen and oxygen atoms in total. The van der Waals surface area contributed by atoms with Crippen molar-refractivity contribution in [1.82, 2.24) is 15.1 Å². The van der Waals surface area contributed by atoms with E-state index in [4.69, 9.17) is 0 Å². The molecule has 0 amide bonds. The van der Waals surface area contributed by atoms with Crippen molar-refractivity contribution >= 4 is 0 Å². The molecule has 1 aliphatic rings. The van der Waals surface area contributed by atoms with Gasteiger partial charge >= 0.3 is 0 Å². The Bertz CT molecular complexity index is 572. The second-order valence-corrected chi connectivity index (χ2v) is 6.65. The number of aromatic nitrogens is 2. The second kappa shape index (κ2) is 4.74. The van der Waals surface area contributed by atoms with Gasteiger partial charge in [-0.2, -0.15) is 5.10 Å². The van der Waals surface area contributed by atoms with E-state index in [0.29, 0.717) is 0 Å². The molecule has 0 bridgehead atoms. The van der Waals surface area contributed by atoms with Gasteiger partial charge in [0.15, 0.2) is 0 Å². The molecule has 0 radical (unpaired) electrons. The summed E-state index contributed by atoms with van der Waals surface area (Å²) in [6, 6.07) is 12.6. The Hall–Kier alpha value is -1.61. The molecule has 3 rings (SSSR count). The first-order valence-electron chi connectivity index (χ1n) is 7.40. The zero-order valence-electron chi connectivity index (χ0n) is 12.6. The van der Waals surface area contributed by atoms with Gasteiger partial charge in [0.05, 0.1) is 16.9 Å². The fraction of sp³-hybridized carbons (Fsp3) is 0.471. The number of rotatable bonds is 2. The number of benzene rings is 1. The molecule has 20 heavy (non-hydrogen) atoms. The lowest BCUT2D eigenvalue weighted by molar-refractivity contribution is 0.152. The molecule has 1 aliphatic heterocycles. The first kappa shape index (κ1) is 13.4. The second-order valence-electron chi connectivity index (χ2n) is 6.65. The molecular weight excluding hydrogens is 246 g/mol. The molecule has 1 aromatic heterocycles. The summed E-state index contributed by atoms with van der Waals surface area (Å²) in [5.74, 6) is 0. The lowest BCUT2D eigenvalue weighted by Gasteiger charge is -2.42. The van der Waals surface area contributed by atoms with E-state index in [1.165, 1.54) is 12.1 Å². The van der Waals surface area contributed by atoms with Crippen LogP contribution in [0.1, 0.15) is 39.3 Å². The summed E-state index contributed by atoms with van der Waals surface area (Å²) in [6.45, 7) is 8.02. The molecule has 1 aromatic carbocycles. The maximum atomic E-state index is 4.57. The average Bonchev–Trinajstić information content (AvgIpc) is 3.08. The molecule has 106 valence electrons. The van der Waals surface area contributed by atoms with Crippen molar-refractivity contribution in [2.75, 3.05) is 6.54 Å². The normalized spacial score (nSPS) is 23.1. The Labute approximate surface area is 121 Å². The van der Waals surface area contributed by atoms with Crippen LogP contribution in [0, 0.1) is 5.41 Å². The van der Waals surface area contributed by atoms with E-state index in [9.17, 15) is 0 Å². The van der Waals surface area contributed by atoms with Gasteiger partial charge in [-0.1, -0.05) is 39.0 Å². The van der Waals surface area contributed by atoms with Gasteiger partial charge in [-0.25, -0.2) is 4.68 Å². The van der Waals surface area contributed by atoms with Gasteiger partial charge in [-0.05, 0) is 43.0 Å². The molecular formula is C17H23N3. The summed E-state index contributed by atoms with van der Waals surface area (Å²) < 4.78 is 2.09. The van der Waals surface area contributed by atoms with Crippen LogP contribution in [0.2, 0.25) is 0 Å². The summed E-state index contributed by atoms with van der Waals surface area (Å²) in [4.78, 5) is 0. The van der Waals surface area contributed by atoms with Gasteiger partial charge in [0, 0.05) is 6.20 Å². The highest BCUT2D eigenvalue weighted by atomic mass is 15.3. The van der Waals surface area contributed by atoms with Gasteiger partial charge in [-0.15, -0.1) is 0 Å². The zero-order chi connectivity index (χ0) is 14.2. The van der Waals surface area contributed by atoms with Crippen LogP contribution in [0.15, 0.2) is 42.6 Å². The lowest BCUT2D eigenvalue weighted by Crippen LogP contribution is -2.49. The van der Waals surface area contributed by atoms with Gasteiger partial charge in [0.25, 0.3) is 0 Å². The molecule has 1 atom stereocenters. The van der Waals surface area contributed by atoms with E-state index in [0.717, 1.165) is 18.7 Å². The largest absolute Gasteiger partial charge is 0.306 e. The first-order chi connectivity index (χ1) is 9.55. The number of nitrogens with one attached hydrogen (secondary N) is 1. The number of nitrogens with zero attached hydrogens (tertiary/aromatic N) is 2. The Morgan fingerprint density at radius 3 is 2.50 bits per heavy atom. The highest BCUT2D eigenvalue weighted by Crippen LogP contribution is 2.45. The summed E-state index contributed by atoms with van der Waals surface area (Å²) in [5.41, 5.74) is 2.55. The Kier molecular flexibility index (Phi) is 3.17. The average molecular weight is 269 g/mol. The minimum atomic E-state index is -0.000653. The van der Waals surface area contributed by atoms with E-state index in [-0.39, 0.29) is 11.0 Å². The van der Waals surface area contributed by atoms with Crippen molar-refractivity contribution in [3.8, 4) is 5.69 Å². The molecule has 3 heteroatoms. The van der Waals surface area contributed by atoms with Crippen LogP contribution in [0.25, 0.3) is 5.69 Å². The Morgan fingerprint density at radius 2 is 1.90 bits per heavy atom. The number of para-hydroxylation sites is 1. The minimum Gasteiger partial charge on any atom is -0.306 e. The third-order valence-electron chi connectivity index (χ3n) is 4.52. The maximum Gasteiger partial charge on any atom is 0.0659 e. The summed E-state index contributed by atoms with van der Waals surface area (Å²) >= 11 is 0. The molecule has 1 fully saturated rings. The maximum absolute atomic E-state index is 4.57. The summed E-state index contributed by atoms with van der Waals surface area (Å²) in [5, 5.41) is 8.33. The fourth-order valence-corrected chi connectivity index (χ4v) is 3.39. The third kappa shape index (κ3) is 1.97. The topological polar surface area (TPSA) is 29.9 Å². The minimum absolute atomic E-state index is 0.000653. The van der Waals surface area contributed by atoms with Crippen molar-refractivity contribution in [2.45, 2.75) is 39.2 Å². The highest BCUT2D eigenvalue weighted by molar-refractivity contribution is 5.35. The van der Waals surface area contributed by atoms with E-state index in [1.807, 2.05) is 12.3 Å². The Morgan fingerprint density at radius 1 is 1.15 bits per heavy atom. The first-order valence-corrected chi connectivity index (χ1v) is 7.40. The molecule has 0 saturated carbocycles. The monoisotopic (exact) mass is 269 g/mol. The van der Waals surface area contributed by atoms with Crippen LogP contribution in [0.3, 0.4) is 0 Å². The zero-order valence-corrected chi connectivity index (χ0v) is 12.6. The van der Waals surface area contributed by atoms with Gasteiger partial charge < -0.3 is 5.32 Å². The van der Waals surface area contributed by atoms with Crippen LogP contribution in [0.5, 0.6) is 0 Å². The predicted molar refractivity (Wildman–Crippen MR) is 81.9 cm³/mol.